The summed E-state index contributed by atoms with van der Waals surface area (Å²) in [5.74, 6) is 3.51. The molecule has 3 unspecified atom stereocenters. The van der Waals surface area contributed by atoms with E-state index in [2.05, 4.69) is 34.7 Å². The molecule has 0 bridgehead atoms. The summed E-state index contributed by atoms with van der Waals surface area (Å²) in [6, 6.07) is 4.46. The van der Waals surface area contributed by atoms with Gasteiger partial charge in [-0.1, -0.05) is 6.07 Å². The van der Waals surface area contributed by atoms with Crippen LogP contribution in [0.1, 0.15) is 43.5 Å². The number of guanidine groups is 1. The molecule has 5 nitrogen and oxygen atoms in total. The second-order valence-electron chi connectivity index (χ2n) is 8.15. The van der Waals surface area contributed by atoms with E-state index in [0.29, 0.717) is 18.1 Å². The Morgan fingerprint density at radius 1 is 1.35 bits per heavy atom. The minimum absolute atomic E-state index is 0.177. The van der Waals surface area contributed by atoms with Crippen LogP contribution in [0.3, 0.4) is 0 Å². The van der Waals surface area contributed by atoms with Gasteiger partial charge in [0.1, 0.15) is 0 Å². The van der Waals surface area contributed by atoms with Crippen molar-refractivity contribution in [3.63, 3.8) is 0 Å². The third kappa shape index (κ3) is 4.42. The number of hydrogen-bond donors (Lipinski definition) is 1. The molecule has 3 atom stereocenters. The molecule has 3 fully saturated rings. The van der Waals surface area contributed by atoms with Crippen molar-refractivity contribution in [2.75, 3.05) is 31.1 Å². The predicted octanol–water partition coefficient (Wildman–Crippen LogP) is 2.92. The number of rotatable bonds is 5. The van der Waals surface area contributed by atoms with Gasteiger partial charge in [0.25, 0.3) is 0 Å². The van der Waals surface area contributed by atoms with Gasteiger partial charge in [-0.25, -0.2) is 8.42 Å². The van der Waals surface area contributed by atoms with Gasteiger partial charge in [-0.2, -0.15) is 0 Å². The molecule has 1 saturated carbocycles. The fourth-order valence-corrected chi connectivity index (χ4v) is 6.79. The van der Waals surface area contributed by atoms with E-state index in [-0.39, 0.29) is 12.0 Å². The normalized spacial score (nSPS) is 29.9. The molecule has 0 radical (unpaired) electrons. The van der Waals surface area contributed by atoms with Crippen molar-refractivity contribution >= 4 is 27.1 Å². The molecule has 2 aliphatic heterocycles. The summed E-state index contributed by atoms with van der Waals surface area (Å²) in [5.41, 5.74) is 0. The van der Waals surface area contributed by atoms with Crippen molar-refractivity contribution in [1.82, 2.24) is 10.2 Å². The highest BCUT2D eigenvalue weighted by molar-refractivity contribution is 7.91. The Hall–Kier alpha value is -1.08. The summed E-state index contributed by atoms with van der Waals surface area (Å²) in [4.78, 5) is 8.59. The summed E-state index contributed by atoms with van der Waals surface area (Å²) >= 11 is 1.76. The second kappa shape index (κ2) is 7.50. The smallest absolute Gasteiger partial charge is 0.194 e. The van der Waals surface area contributed by atoms with Crippen molar-refractivity contribution in [1.29, 1.82) is 0 Å². The first-order valence-electron chi connectivity index (χ1n) is 9.80. The van der Waals surface area contributed by atoms with Crippen molar-refractivity contribution in [3.05, 3.63) is 22.4 Å². The monoisotopic (exact) mass is 395 g/mol. The van der Waals surface area contributed by atoms with Crippen molar-refractivity contribution in [3.8, 4) is 0 Å². The van der Waals surface area contributed by atoms with Crippen LogP contribution in [0.25, 0.3) is 0 Å². The summed E-state index contributed by atoms with van der Waals surface area (Å²) in [5, 5.41) is 5.73. The van der Waals surface area contributed by atoms with E-state index in [1.807, 2.05) is 0 Å². The van der Waals surface area contributed by atoms with E-state index in [1.165, 1.54) is 24.1 Å². The zero-order valence-corrected chi connectivity index (χ0v) is 17.1. The maximum atomic E-state index is 11.7. The number of likely N-dealkylation sites (tertiary alicyclic amines) is 1. The average molecular weight is 396 g/mol. The Kier molecular flexibility index (Phi) is 5.28. The van der Waals surface area contributed by atoms with E-state index >= 15 is 0 Å². The molecule has 4 rings (SSSR count). The molecule has 0 amide bonds. The Morgan fingerprint density at radius 3 is 2.85 bits per heavy atom. The molecule has 2 saturated heterocycles. The molecule has 0 spiro atoms. The van der Waals surface area contributed by atoms with Gasteiger partial charge in [0, 0.05) is 24.5 Å². The highest BCUT2D eigenvalue weighted by Crippen LogP contribution is 2.41. The van der Waals surface area contributed by atoms with Crippen LogP contribution >= 0.6 is 11.3 Å². The number of thiophene rings is 1. The zero-order chi connectivity index (χ0) is 18.1. The molecule has 3 aliphatic rings. The van der Waals surface area contributed by atoms with Crippen LogP contribution in [0.15, 0.2) is 22.5 Å². The lowest BCUT2D eigenvalue weighted by Gasteiger charge is -2.25. The summed E-state index contributed by atoms with van der Waals surface area (Å²) in [6.07, 6.45) is 4.80. The standard InChI is InChI=1S/C19H29N3O2S2/c1-14(18-3-2-9-25-18)21-19(20-11-15-7-10-26(23,24)13-15)22-8-6-17(12-22)16-4-5-16/h2-3,9,14-17H,4-8,10-13H2,1H3,(H,20,21). The maximum Gasteiger partial charge on any atom is 0.194 e. The first-order chi connectivity index (χ1) is 12.5. The highest BCUT2D eigenvalue weighted by Gasteiger charge is 2.37. The molecule has 0 aromatic carbocycles. The molecule has 1 N–H and O–H groups in total. The van der Waals surface area contributed by atoms with Crippen molar-refractivity contribution < 1.29 is 8.42 Å². The van der Waals surface area contributed by atoms with Crippen LogP contribution in [0.2, 0.25) is 0 Å². The fourth-order valence-electron chi connectivity index (χ4n) is 4.20. The Balaban J connectivity index is 1.44. The number of hydrogen-bond acceptors (Lipinski definition) is 4. The molecule has 7 heteroatoms. The summed E-state index contributed by atoms with van der Waals surface area (Å²) in [7, 11) is -2.83. The SMILES string of the molecule is CC(NC(=NCC1CCS(=O)(=O)C1)N1CCC(C2CC2)C1)c1cccs1. The fraction of sp³-hybridized carbons (Fsp3) is 0.737. The quantitative estimate of drug-likeness (QED) is 0.615. The van der Waals surface area contributed by atoms with Crippen LogP contribution < -0.4 is 5.32 Å². The van der Waals surface area contributed by atoms with Crippen molar-refractivity contribution in [2.45, 2.75) is 38.6 Å². The van der Waals surface area contributed by atoms with Crippen LogP contribution in [0, 0.1) is 17.8 Å². The van der Waals surface area contributed by atoms with Crippen LogP contribution in [-0.4, -0.2) is 50.4 Å². The van der Waals surface area contributed by atoms with Gasteiger partial charge in [0.05, 0.1) is 17.5 Å². The Morgan fingerprint density at radius 2 is 2.19 bits per heavy atom. The molecular weight excluding hydrogens is 366 g/mol. The first-order valence-corrected chi connectivity index (χ1v) is 12.5. The first kappa shape index (κ1) is 18.3. The minimum Gasteiger partial charge on any atom is -0.349 e. The topological polar surface area (TPSA) is 61.8 Å². The molecule has 26 heavy (non-hydrogen) atoms. The van der Waals surface area contributed by atoms with Gasteiger partial charge in [-0.15, -0.1) is 11.3 Å². The van der Waals surface area contributed by atoms with E-state index in [1.54, 1.807) is 11.3 Å². The maximum absolute atomic E-state index is 11.7. The lowest BCUT2D eigenvalue weighted by Crippen LogP contribution is -2.41. The van der Waals surface area contributed by atoms with E-state index in [4.69, 9.17) is 4.99 Å². The van der Waals surface area contributed by atoms with Crippen LogP contribution in [0.4, 0.5) is 0 Å². The number of sulfone groups is 1. The van der Waals surface area contributed by atoms with Gasteiger partial charge in [0.15, 0.2) is 15.8 Å². The van der Waals surface area contributed by atoms with Gasteiger partial charge in [-0.05, 0) is 61.8 Å². The minimum atomic E-state index is -2.83. The summed E-state index contributed by atoms with van der Waals surface area (Å²) in [6.45, 7) is 4.95. The van der Waals surface area contributed by atoms with E-state index < -0.39 is 9.84 Å². The second-order valence-corrected chi connectivity index (χ2v) is 11.4. The third-order valence-electron chi connectivity index (χ3n) is 5.95. The summed E-state index contributed by atoms with van der Waals surface area (Å²) < 4.78 is 23.5. The van der Waals surface area contributed by atoms with Crippen LogP contribution in [0.5, 0.6) is 0 Å². The lowest BCUT2D eigenvalue weighted by molar-refractivity contribution is 0.428. The molecule has 144 valence electrons. The van der Waals surface area contributed by atoms with Crippen molar-refractivity contribution in [2.24, 2.45) is 22.7 Å². The highest BCUT2D eigenvalue weighted by atomic mass is 32.2. The third-order valence-corrected chi connectivity index (χ3v) is 8.85. The number of nitrogens with zero attached hydrogens (tertiary/aromatic N) is 2. The Bertz CT molecular complexity index is 741. The molecule has 1 aromatic rings. The molecule has 1 aliphatic carbocycles. The van der Waals surface area contributed by atoms with E-state index in [0.717, 1.165) is 37.3 Å². The average Bonchev–Trinajstić information content (AvgIpc) is 3.04. The molecule has 1 aromatic heterocycles. The van der Waals surface area contributed by atoms with Gasteiger partial charge >= 0.3 is 0 Å². The predicted molar refractivity (Wildman–Crippen MR) is 107 cm³/mol. The van der Waals surface area contributed by atoms with E-state index in [9.17, 15) is 8.42 Å². The number of aliphatic imine (C=N–C) groups is 1. The largest absolute Gasteiger partial charge is 0.349 e. The van der Waals surface area contributed by atoms with Crippen LogP contribution in [-0.2, 0) is 9.84 Å². The lowest BCUT2D eigenvalue weighted by atomic mass is 10.0. The zero-order valence-electron chi connectivity index (χ0n) is 15.4. The molecule has 3 heterocycles. The van der Waals surface area contributed by atoms with Gasteiger partial charge in [-0.3, -0.25) is 4.99 Å². The van der Waals surface area contributed by atoms with Gasteiger partial charge < -0.3 is 10.2 Å². The molecular formula is C19H29N3O2S2. The van der Waals surface area contributed by atoms with Gasteiger partial charge in [0.2, 0.25) is 0 Å². The Labute approximate surface area is 160 Å². The number of nitrogens with one attached hydrogen (secondary N) is 1.